The largest absolute Gasteiger partial charge is 0.310 e. The van der Waals surface area contributed by atoms with Gasteiger partial charge in [0.2, 0.25) is 0 Å². The molecule has 2 aromatic rings. The summed E-state index contributed by atoms with van der Waals surface area (Å²) in [5, 5.41) is 3.61. The Morgan fingerprint density at radius 1 is 1.22 bits per heavy atom. The lowest BCUT2D eigenvalue weighted by atomic mass is 9.77. The van der Waals surface area contributed by atoms with E-state index in [2.05, 4.69) is 53.6 Å². The topological polar surface area (TPSA) is 24.9 Å². The van der Waals surface area contributed by atoms with Crippen LogP contribution < -0.4 is 5.32 Å². The summed E-state index contributed by atoms with van der Waals surface area (Å²) in [6.45, 7) is 3.26. The van der Waals surface area contributed by atoms with Gasteiger partial charge in [-0.25, -0.2) is 0 Å². The molecule has 0 radical (unpaired) electrons. The normalized spacial score (nSPS) is 18.8. The Kier molecular flexibility index (Phi) is 3.11. The average Bonchev–Trinajstić information content (AvgIpc) is 2.40. The van der Waals surface area contributed by atoms with Gasteiger partial charge in [0.1, 0.15) is 0 Å². The molecule has 2 unspecified atom stereocenters. The van der Waals surface area contributed by atoms with Crippen molar-refractivity contribution in [3.63, 3.8) is 0 Å². The zero-order chi connectivity index (χ0) is 12.4. The molecule has 0 bridgehead atoms. The molecular formula is C16H18N2. The van der Waals surface area contributed by atoms with Crippen LogP contribution in [0.4, 0.5) is 0 Å². The number of hydrogen-bond acceptors (Lipinski definition) is 2. The van der Waals surface area contributed by atoms with Gasteiger partial charge in [0, 0.05) is 30.9 Å². The van der Waals surface area contributed by atoms with Gasteiger partial charge in [0.05, 0.1) is 0 Å². The molecule has 2 heteroatoms. The third kappa shape index (κ3) is 2.16. The van der Waals surface area contributed by atoms with E-state index in [9.17, 15) is 0 Å². The van der Waals surface area contributed by atoms with Crippen LogP contribution in [0.5, 0.6) is 0 Å². The molecule has 1 aromatic carbocycles. The van der Waals surface area contributed by atoms with Gasteiger partial charge in [-0.15, -0.1) is 0 Å². The summed E-state index contributed by atoms with van der Waals surface area (Å²) in [6.07, 6.45) is 4.92. The number of rotatable bonds is 4. The van der Waals surface area contributed by atoms with Crippen LogP contribution in [0.3, 0.4) is 0 Å². The predicted molar refractivity (Wildman–Crippen MR) is 73.5 cm³/mol. The van der Waals surface area contributed by atoms with E-state index in [-0.39, 0.29) is 0 Å². The van der Waals surface area contributed by atoms with Gasteiger partial charge in [0.15, 0.2) is 0 Å². The minimum atomic E-state index is 0.390. The van der Waals surface area contributed by atoms with E-state index in [1.54, 1.807) is 0 Å². The van der Waals surface area contributed by atoms with Gasteiger partial charge < -0.3 is 5.32 Å². The highest BCUT2D eigenvalue weighted by molar-refractivity contribution is 5.40. The van der Waals surface area contributed by atoms with E-state index >= 15 is 0 Å². The Morgan fingerprint density at radius 3 is 2.78 bits per heavy atom. The van der Waals surface area contributed by atoms with Gasteiger partial charge in [-0.2, -0.15) is 0 Å². The quantitative estimate of drug-likeness (QED) is 0.885. The number of pyridine rings is 1. The van der Waals surface area contributed by atoms with E-state index in [0.717, 1.165) is 6.54 Å². The summed E-state index contributed by atoms with van der Waals surface area (Å²) < 4.78 is 0. The molecule has 0 aliphatic heterocycles. The van der Waals surface area contributed by atoms with Gasteiger partial charge in [-0.05, 0) is 42.2 Å². The second-order valence-electron chi connectivity index (χ2n) is 5.01. The maximum absolute atomic E-state index is 4.05. The first-order valence-corrected chi connectivity index (χ1v) is 6.55. The monoisotopic (exact) mass is 238 g/mol. The van der Waals surface area contributed by atoms with Crippen LogP contribution in [0, 0.1) is 0 Å². The molecule has 0 amide bonds. The third-order valence-corrected chi connectivity index (χ3v) is 3.84. The minimum Gasteiger partial charge on any atom is -0.310 e. The fourth-order valence-corrected chi connectivity index (χ4v) is 2.63. The summed E-state index contributed by atoms with van der Waals surface area (Å²) in [4.78, 5) is 4.05. The number of hydrogen-bond donors (Lipinski definition) is 1. The molecular weight excluding hydrogens is 220 g/mol. The number of fused-ring (bicyclic) bond motifs is 1. The molecule has 3 rings (SSSR count). The molecule has 1 aliphatic carbocycles. The number of nitrogens with one attached hydrogen (secondary N) is 1. The van der Waals surface area contributed by atoms with Crippen LogP contribution in [-0.2, 0) is 6.42 Å². The van der Waals surface area contributed by atoms with Crippen LogP contribution in [-0.4, -0.2) is 11.5 Å². The molecule has 2 nitrogen and oxygen atoms in total. The van der Waals surface area contributed by atoms with Crippen molar-refractivity contribution in [2.75, 3.05) is 6.54 Å². The Hall–Kier alpha value is -1.67. The first kappa shape index (κ1) is 11.4. The third-order valence-electron chi connectivity index (χ3n) is 3.84. The molecule has 1 aromatic heterocycles. The first-order valence-electron chi connectivity index (χ1n) is 6.55. The summed E-state index contributed by atoms with van der Waals surface area (Å²) >= 11 is 0. The van der Waals surface area contributed by atoms with Crippen LogP contribution in [0.1, 0.15) is 35.6 Å². The summed E-state index contributed by atoms with van der Waals surface area (Å²) in [6, 6.07) is 13.3. The Morgan fingerprint density at radius 2 is 2.00 bits per heavy atom. The van der Waals surface area contributed by atoms with Crippen molar-refractivity contribution in [1.82, 2.24) is 10.3 Å². The van der Waals surface area contributed by atoms with Crippen molar-refractivity contribution >= 4 is 0 Å². The number of aromatic nitrogens is 1. The van der Waals surface area contributed by atoms with Crippen LogP contribution in [0.25, 0.3) is 0 Å². The first-order chi connectivity index (χ1) is 8.84. The van der Waals surface area contributed by atoms with Gasteiger partial charge in [-0.1, -0.05) is 24.3 Å². The molecule has 92 valence electrons. The van der Waals surface area contributed by atoms with Crippen LogP contribution >= 0.6 is 0 Å². The Balaban J connectivity index is 1.58. The fourth-order valence-electron chi connectivity index (χ4n) is 2.63. The standard InChI is InChI=1S/C16H18N2/c1-12(13-6-8-17-9-7-13)18-11-15-10-14-4-2-3-5-16(14)15/h2-9,12,15,18H,10-11H2,1H3. The Labute approximate surface area is 108 Å². The molecule has 2 atom stereocenters. The zero-order valence-corrected chi connectivity index (χ0v) is 10.6. The molecule has 1 heterocycles. The number of nitrogens with zero attached hydrogens (tertiary/aromatic N) is 1. The maximum atomic E-state index is 4.05. The van der Waals surface area contributed by atoms with E-state index in [1.165, 1.54) is 23.1 Å². The van der Waals surface area contributed by atoms with Crippen molar-refractivity contribution in [3.8, 4) is 0 Å². The highest BCUT2D eigenvalue weighted by Crippen LogP contribution is 2.34. The van der Waals surface area contributed by atoms with E-state index < -0.39 is 0 Å². The lowest BCUT2D eigenvalue weighted by Crippen LogP contribution is -2.30. The Bertz CT molecular complexity index is 520. The lowest BCUT2D eigenvalue weighted by molar-refractivity contribution is 0.489. The molecule has 0 saturated carbocycles. The molecule has 0 saturated heterocycles. The second-order valence-corrected chi connectivity index (χ2v) is 5.01. The van der Waals surface area contributed by atoms with Crippen molar-refractivity contribution in [2.45, 2.75) is 25.3 Å². The van der Waals surface area contributed by atoms with E-state index in [1.807, 2.05) is 12.4 Å². The van der Waals surface area contributed by atoms with Gasteiger partial charge >= 0.3 is 0 Å². The van der Waals surface area contributed by atoms with E-state index in [0.29, 0.717) is 12.0 Å². The molecule has 1 aliphatic rings. The van der Waals surface area contributed by atoms with Gasteiger partial charge in [0.25, 0.3) is 0 Å². The predicted octanol–water partition coefficient (Wildman–Crippen LogP) is 3.07. The SMILES string of the molecule is CC(NCC1Cc2ccccc21)c1ccncc1. The van der Waals surface area contributed by atoms with Crippen molar-refractivity contribution < 1.29 is 0 Å². The van der Waals surface area contributed by atoms with Crippen LogP contribution in [0.2, 0.25) is 0 Å². The van der Waals surface area contributed by atoms with Crippen molar-refractivity contribution in [3.05, 3.63) is 65.5 Å². The van der Waals surface area contributed by atoms with Crippen molar-refractivity contribution in [2.24, 2.45) is 0 Å². The van der Waals surface area contributed by atoms with Gasteiger partial charge in [-0.3, -0.25) is 4.98 Å². The summed E-state index contributed by atoms with van der Waals surface area (Å²) in [7, 11) is 0. The summed E-state index contributed by atoms with van der Waals surface area (Å²) in [5.41, 5.74) is 4.34. The van der Waals surface area contributed by atoms with Crippen LogP contribution in [0.15, 0.2) is 48.8 Å². The number of benzene rings is 1. The summed E-state index contributed by atoms with van der Waals surface area (Å²) in [5.74, 6) is 0.686. The highest BCUT2D eigenvalue weighted by Gasteiger charge is 2.25. The molecule has 1 N–H and O–H groups in total. The lowest BCUT2D eigenvalue weighted by Gasteiger charge is -2.31. The maximum Gasteiger partial charge on any atom is 0.0293 e. The molecule has 0 fully saturated rings. The fraction of sp³-hybridized carbons (Fsp3) is 0.312. The second kappa shape index (κ2) is 4.91. The zero-order valence-electron chi connectivity index (χ0n) is 10.6. The molecule has 18 heavy (non-hydrogen) atoms. The average molecular weight is 238 g/mol. The van der Waals surface area contributed by atoms with Crippen molar-refractivity contribution in [1.29, 1.82) is 0 Å². The minimum absolute atomic E-state index is 0.390. The highest BCUT2D eigenvalue weighted by atomic mass is 14.9. The molecule has 0 spiro atoms. The smallest absolute Gasteiger partial charge is 0.0293 e. The van der Waals surface area contributed by atoms with E-state index in [4.69, 9.17) is 0 Å².